The van der Waals surface area contributed by atoms with Crippen molar-refractivity contribution >= 4 is 40.4 Å². The number of anilines is 1. The fraction of sp³-hybridized carbons (Fsp3) is 0.312. The third-order valence-electron chi connectivity index (χ3n) is 3.71. The van der Waals surface area contributed by atoms with E-state index in [1.807, 2.05) is 30.3 Å². The SMILES string of the molecule is CNC1=NC(=O)C(=Cc2ccc(N3CCC(=O)CC3)cc2)S1. The quantitative estimate of drug-likeness (QED) is 0.846. The molecular formula is C16H17N3O2S. The summed E-state index contributed by atoms with van der Waals surface area (Å²) in [5.41, 5.74) is 2.09. The summed E-state index contributed by atoms with van der Waals surface area (Å²) in [5, 5.41) is 3.51. The van der Waals surface area contributed by atoms with Gasteiger partial charge >= 0.3 is 0 Å². The summed E-state index contributed by atoms with van der Waals surface area (Å²) in [6, 6.07) is 8.05. The van der Waals surface area contributed by atoms with Crippen LogP contribution < -0.4 is 10.2 Å². The van der Waals surface area contributed by atoms with Crippen LogP contribution in [0, 0.1) is 0 Å². The van der Waals surface area contributed by atoms with E-state index in [1.165, 1.54) is 11.8 Å². The number of carbonyl (C=O) groups excluding carboxylic acids is 2. The molecule has 0 spiro atoms. The van der Waals surface area contributed by atoms with Gasteiger partial charge in [0.2, 0.25) is 0 Å². The Morgan fingerprint density at radius 3 is 2.45 bits per heavy atom. The number of nitrogens with one attached hydrogen (secondary N) is 1. The normalized spacial score (nSPS) is 20.5. The lowest BCUT2D eigenvalue weighted by Crippen LogP contribution is -2.33. The highest BCUT2D eigenvalue weighted by atomic mass is 32.2. The monoisotopic (exact) mass is 315 g/mol. The van der Waals surface area contributed by atoms with Crippen molar-refractivity contribution in [3.05, 3.63) is 34.7 Å². The molecule has 5 nitrogen and oxygen atoms in total. The number of nitrogens with zero attached hydrogens (tertiary/aromatic N) is 2. The summed E-state index contributed by atoms with van der Waals surface area (Å²) in [5.74, 6) is 0.141. The van der Waals surface area contributed by atoms with Gasteiger partial charge < -0.3 is 10.2 Å². The number of carbonyl (C=O) groups is 2. The van der Waals surface area contributed by atoms with Crippen LogP contribution in [0.1, 0.15) is 18.4 Å². The molecule has 2 aliphatic rings. The molecule has 114 valence electrons. The number of amidine groups is 1. The van der Waals surface area contributed by atoms with Gasteiger partial charge in [-0.05, 0) is 35.5 Å². The lowest BCUT2D eigenvalue weighted by atomic mass is 10.1. The Balaban J connectivity index is 1.70. The molecule has 1 amide bonds. The molecule has 22 heavy (non-hydrogen) atoms. The Morgan fingerprint density at radius 1 is 1.18 bits per heavy atom. The highest BCUT2D eigenvalue weighted by Gasteiger charge is 2.21. The molecular weight excluding hydrogens is 298 g/mol. The second-order valence-electron chi connectivity index (χ2n) is 5.20. The van der Waals surface area contributed by atoms with Crippen molar-refractivity contribution in [3.63, 3.8) is 0 Å². The summed E-state index contributed by atoms with van der Waals surface area (Å²) < 4.78 is 0. The topological polar surface area (TPSA) is 61.8 Å². The zero-order valence-electron chi connectivity index (χ0n) is 12.3. The number of hydrogen-bond donors (Lipinski definition) is 1. The first kappa shape index (κ1) is 14.8. The third-order valence-corrected chi connectivity index (χ3v) is 4.71. The number of amides is 1. The summed E-state index contributed by atoms with van der Waals surface area (Å²) in [7, 11) is 1.75. The van der Waals surface area contributed by atoms with Gasteiger partial charge in [0.1, 0.15) is 5.78 Å². The second-order valence-corrected chi connectivity index (χ2v) is 6.23. The van der Waals surface area contributed by atoms with Crippen molar-refractivity contribution in [1.29, 1.82) is 0 Å². The van der Waals surface area contributed by atoms with Crippen LogP contribution in [0.2, 0.25) is 0 Å². The smallest absolute Gasteiger partial charge is 0.286 e. The molecule has 1 aromatic rings. The molecule has 1 saturated heterocycles. The summed E-state index contributed by atoms with van der Waals surface area (Å²) in [6.45, 7) is 1.57. The van der Waals surface area contributed by atoms with E-state index in [0.29, 0.717) is 28.7 Å². The molecule has 0 bridgehead atoms. The van der Waals surface area contributed by atoms with Gasteiger partial charge in [-0.15, -0.1) is 0 Å². The van der Waals surface area contributed by atoms with E-state index in [0.717, 1.165) is 24.3 Å². The fourth-order valence-corrected chi connectivity index (χ4v) is 3.23. The number of benzene rings is 1. The van der Waals surface area contributed by atoms with Gasteiger partial charge in [-0.2, -0.15) is 4.99 Å². The molecule has 1 fully saturated rings. The molecule has 0 unspecified atom stereocenters. The largest absolute Gasteiger partial charge is 0.371 e. The van der Waals surface area contributed by atoms with Crippen LogP contribution in [-0.2, 0) is 9.59 Å². The Kier molecular flexibility index (Phi) is 4.29. The molecule has 0 aromatic heterocycles. The second kappa shape index (κ2) is 6.36. The van der Waals surface area contributed by atoms with Gasteiger partial charge in [0.15, 0.2) is 5.17 Å². The van der Waals surface area contributed by atoms with Crippen molar-refractivity contribution in [2.75, 3.05) is 25.0 Å². The summed E-state index contributed by atoms with van der Waals surface area (Å²) >= 11 is 1.35. The Hall–Kier alpha value is -2.08. The molecule has 1 N–H and O–H groups in total. The van der Waals surface area contributed by atoms with E-state index >= 15 is 0 Å². The average Bonchev–Trinajstić information content (AvgIpc) is 2.89. The van der Waals surface area contributed by atoms with E-state index in [9.17, 15) is 9.59 Å². The molecule has 0 radical (unpaired) electrons. The first-order chi connectivity index (χ1) is 10.7. The maximum atomic E-state index is 11.7. The number of hydrogen-bond acceptors (Lipinski definition) is 5. The van der Waals surface area contributed by atoms with E-state index in [2.05, 4.69) is 15.2 Å². The van der Waals surface area contributed by atoms with Gasteiger partial charge in [0.25, 0.3) is 5.91 Å². The maximum absolute atomic E-state index is 11.7. The van der Waals surface area contributed by atoms with Crippen LogP contribution in [0.25, 0.3) is 6.08 Å². The molecule has 0 saturated carbocycles. The van der Waals surface area contributed by atoms with E-state index in [4.69, 9.17) is 0 Å². The number of piperidine rings is 1. The van der Waals surface area contributed by atoms with Crippen LogP contribution in [0.4, 0.5) is 5.69 Å². The van der Waals surface area contributed by atoms with Crippen LogP contribution in [0.5, 0.6) is 0 Å². The Labute approximate surface area is 133 Å². The number of Topliss-reactive ketones (excluding diaryl/α,β-unsaturated/α-hetero) is 1. The van der Waals surface area contributed by atoms with Crippen molar-refractivity contribution < 1.29 is 9.59 Å². The van der Waals surface area contributed by atoms with E-state index in [-0.39, 0.29) is 5.91 Å². The zero-order chi connectivity index (χ0) is 15.5. The van der Waals surface area contributed by atoms with Crippen molar-refractivity contribution in [3.8, 4) is 0 Å². The van der Waals surface area contributed by atoms with Gasteiger partial charge in [-0.25, -0.2) is 0 Å². The van der Waals surface area contributed by atoms with Crippen molar-refractivity contribution in [2.45, 2.75) is 12.8 Å². The molecule has 2 aliphatic heterocycles. The highest BCUT2D eigenvalue weighted by Crippen LogP contribution is 2.28. The predicted octanol–water partition coefficient (Wildman–Crippen LogP) is 2.05. The van der Waals surface area contributed by atoms with Gasteiger partial charge in [-0.3, -0.25) is 9.59 Å². The summed E-state index contributed by atoms with van der Waals surface area (Å²) in [4.78, 5) is 29.8. The number of ketones is 1. The van der Waals surface area contributed by atoms with Crippen molar-refractivity contribution in [2.24, 2.45) is 4.99 Å². The number of rotatable bonds is 2. The standard InChI is InChI=1S/C16H17N3O2S/c1-17-16-18-15(21)14(22-16)10-11-2-4-12(5-3-11)19-8-6-13(20)7-9-19/h2-5,10H,6-9H2,1H3,(H,17,18,21). The minimum Gasteiger partial charge on any atom is -0.371 e. The predicted molar refractivity (Wildman–Crippen MR) is 90.0 cm³/mol. The first-order valence-electron chi connectivity index (χ1n) is 7.23. The molecule has 0 atom stereocenters. The van der Waals surface area contributed by atoms with Gasteiger partial charge in [-0.1, -0.05) is 12.1 Å². The molecule has 3 rings (SSSR count). The van der Waals surface area contributed by atoms with E-state index in [1.54, 1.807) is 7.05 Å². The lowest BCUT2D eigenvalue weighted by Gasteiger charge is -2.28. The fourth-order valence-electron chi connectivity index (χ4n) is 2.46. The number of thioether (sulfide) groups is 1. The summed E-state index contributed by atoms with van der Waals surface area (Å²) in [6.07, 6.45) is 3.10. The maximum Gasteiger partial charge on any atom is 0.286 e. The average molecular weight is 315 g/mol. The van der Waals surface area contributed by atoms with Crippen LogP contribution in [0.3, 0.4) is 0 Å². The van der Waals surface area contributed by atoms with Crippen LogP contribution in [-0.4, -0.2) is 37.0 Å². The molecule has 0 aliphatic carbocycles. The Bertz CT molecular complexity index is 654. The Morgan fingerprint density at radius 2 is 1.86 bits per heavy atom. The lowest BCUT2D eigenvalue weighted by molar-refractivity contribution is -0.119. The minimum atomic E-state index is -0.201. The minimum absolute atomic E-state index is 0.201. The molecule has 6 heteroatoms. The van der Waals surface area contributed by atoms with Crippen LogP contribution >= 0.6 is 11.8 Å². The highest BCUT2D eigenvalue weighted by molar-refractivity contribution is 8.18. The van der Waals surface area contributed by atoms with Crippen molar-refractivity contribution in [1.82, 2.24) is 5.32 Å². The van der Waals surface area contributed by atoms with Gasteiger partial charge in [0, 0.05) is 38.7 Å². The molecule has 2 heterocycles. The first-order valence-corrected chi connectivity index (χ1v) is 8.04. The van der Waals surface area contributed by atoms with Gasteiger partial charge in [0.05, 0.1) is 4.91 Å². The number of aliphatic imine (C=N–C) groups is 1. The molecule has 1 aromatic carbocycles. The third kappa shape index (κ3) is 3.22. The zero-order valence-corrected chi connectivity index (χ0v) is 13.2. The van der Waals surface area contributed by atoms with E-state index < -0.39 is 0 Å². The van der Waals surface area contributed by atoms with Crippen LogP contribution in [0.15, 0.2) is 34.2 Å².